The standard InChI is InChI=1S/C13H14F2N2S/c14-9-3-5-12(15)11(8-9)13(17-16)6-4-10-2-1-7-18-10/h1-3,5,7-8,13,17H,4,6,16H2. The highest BCUT2D eigenvalue weighted by Gasteiger charge is 2.15. The quantitative estimate of drug-likeness (QED) is 0.645. The second kappa shape index (κ2) is 6.04. The number of rotatable bonds is 5. The van der Waals surface area contributed by atoms with Crippen LogP contribution in [-0.2, 0) is 6.42 Å². The van der Waals surface area contributed by atoms with Gasteiger partial charge in [-0.05, 0) is 42.5 Å². The summed E-state index contributed by atoms with van der Waals surface area (Å²) in [4.78, 5) is 1.20. The van der Waals surface area contributed by atoms with Crippen LogP contribution in [0.2, 0.25) is 0 Å². The maximum Gasteiger partial charge on any atom is 0.128 e. The van der Waals surface area contributed by atoms with Crippen molar-refractivity contribution in [2.24, 2.45) is 5.84 Å². The van der Waals surface area contributed by atoms with Crippen LogP contribution < -0.4 is 11.3 Å². The molecule has 1 aromatic carbocycles. The molecule has 1 atom stereocenters. The number of halogens is 2. The first-order chi connectivity index (χ1) is 8.70. The van der Waals surface area contributed by atoms with E-state index in [4.69, 9.17) is 5.84 Å². The molecule has 2 nitrogen and oxygen atoms in total. The average Bonchev–Trinajstić information content (AvgIpc) is 2.87. The minimum atomic E-state index is -0.456. The lowest BCUT2D eigenvalue weighted by Gasteiger charge is -2.16. The lowest BCUT2D eigenvalue weighted by Crippen LogP contribution is -2.29. The number of thiophene rings is 1. The fourth-order valence-electron chi connectivity index (χ4n) is 1.85. The third-order valence-corrected chi connectivity index (χ3v) is 3.73. The van der Waals surface area contributed by atoms with Crippen LogP contribution in [0.1, 0.15) is 22.9 Å². The van der Waals surface area contributed by atoms with E-state index in [9.17, 15) is 8.78 Å². The maximum absolute atomic E-state index is 13.6. The molecule has 0 aliphatic heterocycles. The van der Waals surface area contributed by atoms with Gasteiger partial charge in [0, 0.05) is 16.5 Å². The van der Waals surface area contributed by atoms with Crippen LogP contribution in [0.3, 0.4) is 0 Å². The molecule has 0 spiro atoms. The van der Waals surface area contributed by atoms with Crippen molar-refractivity contribution < 1.29 is 8.78 Å². The summed E-state index contributed by atoms with van der Waals surface area (Å²) in [6.45, 7) is 0. The van der Waals surface area contributed by atoms with Gasteiger partial charge in [-0.25, -0.2) is 8.78 Å². The van der Waals surface area contributed by atoms with Gasteiger partial charge in [0.1, 0.15) is 11.6 Å². The Morgan fingerprint density at radius 3 is 2.78 bits per heavy atom. The summed E-state index contributed by atoms with van der Waals surface area (Å²) in [5.41, 5.74) is 2.82. The molecule has 0 radical (unpaired) electrons. The molecule has 0 saturated carbocycles. The van der Waals surface area contributed by atoms with Gasteiger partial charge in [0.15, 0.2) is 0 Å². The number of aryl methyl sites for hydroxylation is 1. The minimum absolute atomic E-state index is 0.272. The topological polar surface area (TPSA) is 38.0 Å². The van der Waals surface area contributed by atoms with Crippen molar-refractivity contribution in [3.8, 4) is 0 Å². The number of nitrogens with one attached hydrogen (secondary N) is 1. The molecule has 2 aromatic rings. The van der Waals surface area contributed by atoms with Crippen molar-refractivity contribution in [2.45, 2.75) is 18.9 Å². The molecule has 96 valence electrons. The first-order valence-corrected chi connectivity index (χ1v) is 6.52. The largest absolute Gasteiger partial charge is 0.271 e. The molecular weight excluding hydrogens is 254 g/mol. The Labute approximate surface area is 108 Å². The highest BCUT2D eigenvalue weighted by atomic mass is 32.1. The normalized spacial score (nSPS) is 12.6. The number of hydrogen-bond acceptors (Lipinski definition) is 3. The molecule has 0 bridgehead atoms. The van der Waals surface area contributed by atoms with Crippen LogP contribution in [0.15, 0.2) is 35.7 Å². The predicted molar refractivity (Wildman–Crippen MR) is 69.1 cm³/mol. The van der Waals surface area contributed by atoms with Gasteiger partial charge in [-0.15, -0.1) is 11.3 Å². The minimum Gasteiger partial charge on any atom is -0.271 e. The van der Waals surface area contributed by atoms with Gasteiger partial charge in [-0.2, -0.15) is 0 Å². The lowest BCUT2D eigenvalue weighted by atomic mass is 10.0. The third kappa shape index (κ3) is 3.13. The zero-order valence-corrected chi connectivity index (χ0v) is 10.5. The summed E-state index contributed by atoms with van der Waals surface area (Å²) in [6, 6.07) is 7.01. The predicted octanol–water partition coefficient (Wildman–Crippen LogP) is 3.16. The Hall–Kier alpha value is -1.30. The SMILES string of the molecule is NNC(CCc1cccs1)c1cc(F)ccc1F. The number of nitrogens with two attached hydrogens (primary N) is 1. The van der Waals surface area contributed by atoms with Crippen LogP contribution in [0.5, 0.6) is 0 Å². The van der Waals surface area contributed by atoms with E-state index in [1.54, 1.807) is 11.3 Å². The summed E-state index contributed by atoms with van der Waals surface area (Å²) in [6.07, 6.45) is 1.40. The summed E-state index contributed by atoms with van der Waals surface area (Å²) in [5, 5.41) is 1.99. The Balaban J connectivity index is 2.10. The van der Waals surface area contributed by atoms with Gasteiger partial charge in [-0.1, -0.05) is 6.07 Å². The van der Waals surface area contributed by atoms with Gasteiger partial charge in [-0.3, -0.25) is 11.3 Å². The van der Waals surface area contributed by atoms with Gasteiger partial charge in [0.05, 0.1) is 0 Å². The Kier molecular flexibility index (Phi) is 4.41. The van der Waals surface area contributed by atoms with Crippen molar-refractivity contribution >= 4 is 11.3 Å². The Morgan fingerprint density at radius 1 is 1.28 bits per heavy atom. The molecular formula is C13H14F2N2S. The smallest absolute Gasteiger partial charge is 0.128 e. The molecule has 0 fully saturated rings. The summed E-state index contributed by atoms with van der Waals surface area (Å²) in [5.74, 6) is 4.53. The van der Waals surface area contributed by atoms with E-state index in [2.05, 4.69) is 5.43 Å². The molecule has 0 aliphatic rings. The zero-order chi connectivity index (χ0) is 13.0. The van der Waals surface area contributed by atoms with Gasteiger partial charge in [0.25, 0.3) is 0 Å². The average molecular weight is 268 g/mol. The van der Waals surface area contributed by atoms with Gasteiger partial charge >= 0.3 is 0 Å². The van der Waals surface area contributed by atoms with E-state index >= 15 is 0 Å². The van der Waals surface area contributed by atoms with Crippen molar-refractivity contribution in [1.82, 2.24) is 5.43 Å². The Bertz CT molecular complexity index is 500. The summed E-state index contributed by atoms with van der Waals surface area (Å²) >= 11 is 1.64. The van der Waals surface area contributed by atoms with Crippen molar-refractivity contribution in [1.29, 1.82) is 0 Å². The van der Waals surface area contributed by atoms with E-state index in [1.165, 1.54) is 10.9 Å². The molecule has 0 saturated heterocycles. The number of benzene rings is 1. The fraction of sp³-hybridized carbons (Fsp3) is 0.231. The molecule has 3 N–H and O–H groups in total. The van der Waals surface area contributed by atoms with Gasteiger partial charge in [0.2, 0.25) is 0 Å². The highest BCUT2D eigenvalue weighted by Crippen LogP contribution is 2.23. The van der Waals surface area contributed by atoms with Gasteiger partial charge < -0.3 is 0 Å². The first-order valence-electron chi connectivity index (χ1n) is 5.64. The number of hydrogen-bond donors (Lipinski definition) is 2. The van der Waals surface area contributed by atoms with Crippen LogP contribution in [0.25, 0.3) is 0 Å². The Morgan fingerprint density at radius 2 is 2.11 bits per heavy atom. The van der Waals surface area contributed by atoms with E-state index < -0.39 is 11.6 Å². The fourth-order valence-corrected chi connectivity index (χ4v) is 2.58. The zero-order valence-electron chi connectivity index (χ0n) is 9.70. The van der Waals surface area contributed by atoms with E-state index in [0.717, 1.165) is 18.6 Å². The third-order valence-electron chi connectivity index (χ3n) is 2.79. The van der Waals surface area contributed by atoms with Crippen molar-refractivity contribution in [2.75, 3.05) is 0 Å². The lowest BCUT2D eigenvalue weighted by molar-refractivity contribution is 0.481. The van der Waals surface area contributed by atoms with Crippen LogP contribution >= 0.6 is 11.3 Å². The van der Waals surface area contributed by atoms with Crippen LogP contribution in [-0.4, -0.2) is 0 Å². The van der Waals surface area contributed by atoms with E-state index in [1.807, 2.05) is 17.5 Å². The second-order valence-electron chi connectivity index (χ2n) is 4.00. The molecule has 1 heterocycles. The van der Waals surface area contributed by atoms with E-state index in [0.29, 0.717) is 6.42 Å². The molecule has 0 aliphatic carbocycles. The second-order valence-corrected chi connectivity index (χ2v) is 5.04. The van der Waals surface area contributed by atoms with Crippen molar-refractivity contribution in [3.05, 3.63) is 57.8 Å². The molecule has 5 heteroatoms. The maximum atomic E-state index is 13.6. The summed E-state index contributed by atoms with van der Waals surface area (Å²) in [7, 11) is 0. The molecule has 2 rings (SSSR count). The first kappa shape index (κ1) is 13.1. The van der Waals surface area contributed by atoms with E-state index in [-0.39, 0.29) is 11.6 Å². The molecule has 0 amide bonds. The molecule has 18 heavy (non-hydrogen) atoms. The van der Waals surface area contributed by atoms with Crippen LogP contribution in [0, 0.1) is 11.6 Å². The molecule has 1 aromatic heterocycles. The molecule has 1 unspecified atom stereocenters. The monoisotopic (exact) mass is 268 g/mol. The number of hydrazine groups is 1. The summed E-state index contributed by atoms with van der Waals surface area (Å²) < 4.78 is 26.7. The highest BCUT2D eigenvalue weighted by molar-refractivity contribution is 7.09. The van der Waals surface area contributed by atoms with Crippen molar-refractivity contribution in [3.63, 3.8) is 0 Å². The van der Waals surface area contributed by atoms with Crippen LogP contribution in [0.4, 0.5) is 8.78 Å².